The molecule has 0 bridgehead atoms. The summed E-state index contributed by atoms with van der Waals surface area (Å²) < 4.78 is 0. The van der Waals surface area contributed by atoms with E-state index >= 15 is 0 Å². The Morgan fingerprint density at radius 2 is 1.92 bits per heavy atom. The molecule has 0 aromatic heterocycles. The van der Waals surface area contributed by atoms with Crippen molar-refractivity contribution >= 4 is 23.2 Å². The molecular formula is C18H20N4O2. The molecule has 1 aromatic rings. The van der Waals surface area contributed by atoms with Crippen LogP contribution in [0.15, 0.2) is 35.4 Å². The number of imide groups is 1. The maximum Gasteiger partial charge on any atom is 0.235 e. The summed E-state index contributed by atoms with van der Waals surface area (Å²) in [5, 5.41) is 9.04. The monoisotopic (exact) mass is 324 g/mol. The maximum absolute atomic E-state index is 12.8. The van der Waals surface area contributed by atoms with Crippen LogP contribution in [0.1, 0.15) is 25.7 Å². The van der Waals surface area contributed by atoms with Crippen molar-refractivity contribution < 1.29 is 9.59 Å². The van der Waals surface area contributed by atoms with Crippen molar-refractivity contribution in [3.63, 3.8) is 0 Å². The zero-order valence-electron chi connectivity index (χ0n) is 13.7. The largest absolute Gasteiger partial charge is 0.285 e. The molecule has 1 aromatic carbocycles. The molecule has 5 rings (SSSR count). The molecule has 0 radical (unpaired) electrons. The number of para-hydroxylation sites is 1. The number of carbonyl (C=O) groups is 2. The van der Waals surface area contributed by atoms with Gasteiger partial charge in [-0.15, -0.1) is 0 Å². The molecule has 3 heterocycles. The number of benzene rings is 1. The first kappa shape index (κ1) is 14.2. The van der Waals surface area contributed by atoms with Crippen LogP contribution in [0, 0.1) is 11.8 Å². The molecule has 3 atom stereocenters. The zero-order valence-corrected chi connectivity index (χ0v) is 13.7. The van der Waals surface area contributed by atoms with Gasteiger partial charge < -0.3 is 0 Å². The Balaban J connectivity index is 1.65. The minimum absolute atomic E-state index is 0.0305. The Kier molecular flexibility index (Phi) is 2.75. The van der Waals surface area contributed by atoms with Gasteiger partial charge in [0.1, 0.15) is 0 Å². The van der Waals surface area contributed by atoms with E-state index in [1.54, 1.807) is 7.05 Å². The first-order valence-electron chi connectivity index (χ1n) is 8.67. The van der Waals surface area contributed by atoms with Gasteiger partial charge in [-0.2, -0.15) is 15.2 Å². The highest BCUT2D eigenvalue weighted by Gasteiger charge is 2.69. The van der Waals surface area contributed by atoms with Crippen LogP contribution >= 0.6 is 0 Å². The Bertz CT molecular complexity index is 762. The second-order valence-corrected chi connectivity index (χ2v) is 7.20. The Hall–Kier alpha value is -2.21. The molecule has 0 N–H and O–H groups in total. The number of likely N-dealkylation sites (tertiary alicyclic amines) is 1. The summed E-state index contributed by atoms with van der Waals surface area (Å²) in [5.74, 6) is -0.580. The lowest BCUT2D eigenvalue weighted by atomic mass is 9.70. The van der Waals surface area contributed by atoms with Crippen LogP contribution in [0.5, 0.6) is 0 Å². The molecule has 1 saturated carbocycles. The third kappa shape index (κ3) is 1.52. The van der Waals surface area contributed by atoms with Crippen molar-refractivity contribution in [1.29, 1.82) is 0 Å². The van der Waals surface area contributed by atoms with Crippen LogP contribution < -0.4 is 5.12 Å². The molecule has 2 amide bonds. The molecule has 2 saturated heterocycles. The Morgan fingerprint density at radius 3 is 2.71 bits per heavy atom. The second-order valence-electron chi connectivity index (χ2n) is 7.20. The summed E-state index contributed by atoms with van der Waals surface area (Å²) in [6, 6.07) is 10.0. The first-order valence-corrected chi connectivity index (χ1v) is 8.67. The average Bonchev–Trinajstić information content (AvgIpc) is 3.18. The van der Waals surface area contributed by atoms with Crippen LogP contribution in [0.3, 0.4) is 0 Å². The fourth-order valence-electron chi connectivity index (χ4n) is 5.08. The van der Waals surface area contributed by atoms with Gasteiger partial charge in [0.25, 0.3) is 0 Å². The van der Waals surface area contributed by atoms with Crippen molar-refractivity contribution in [1.82, 2.24) is 9.91 Å². The third-order valence-corrected chi connectivity index (χ3v) is 6.14. The van der Waals surface area contributed by atoms with Gasteiger partial charge in [0.2, 0.25) is 11.8 Å². The van der Waals surface area contributed by atoms with Crippen molar-refractivity contribution in [2.24, 2.45) is 16.9 Å². The molecule has 6 nitrogen and oxygen atoms in total. The fourth-order valence-corrected chi connectivity index (χ4v) is 5.08. The van der Waals surface area contributed by atoms with Crippen LogP contribution in [-0.4, -0.2) is 46.6 Å². The van der Waals surface area contributed by atoms with E-state index < -0.39 is 5.54 Å². The molecule has 0 unspecified atom stereocenters. The number of carbonyl (C=O) groups excluding carboxylic acids is 2. The fraction of sp³-hybridized carbons (Fsp3) is 0.500. The number of nitrogens with zero attached hydrogens (tertiary/aromatic N) is 4. The van der Waals surface area contributed by atoms with Crippen LogP contribution in [0.25, 0.3) is 0 Å². The van der Waals surface area contributed by atoms with E-state index in [2.05, 4.69) is 5.01 Å². The van der Waals surface area contributed by atoms with Crippen molar-refractivity contribution in [3.05, 3.63) is 30.3 Å². The molecule has 24 heavy (non-hydrogen) atoms. The lowest BCUT2D eigenvalue weighted by molar-refractivity contribution is -0.139. The summed E-state index contributed by atoms with van der Waals surface area (Å²) in [6.45, 7) is 0.571. The van der Waals surface area contributed by atoms with Crippen LogP contribution in [-0.2, 0) is 9.59 Å². The Labute approximate surface area is 140 Å². The van der Waals surface area contributed by atoms with Gasteiger partial charge in [0.05, 0.1) is 28.8 Å². The van der Waals surface area contributed by atoms with Crippen LogP contribution in [0.4, 0.5) is 5.69 Å². The van der Waals surface area contributed by atoms with Gasteiger partial charge in [-0.3, -0.25) is 14.5 Å². The standard InChI is InChI=1S/C18H20N4O2/c1-20-16(23)13-11-21-18(15(13)17(20)24)10-6-5-9-14(18)19-22(21)12-7-3-2-4-8-12/h2-4,7-8,13,15H,5-6,9-11H2,1H3/t13-,15+,18+/m0/s1. The summed E-state index contributed by atoms with van der Waals surface area (Å²) in [4.78, 5) is 26.7. The zero-order chi connectivity index (χ0) is 16.5. The van der Waals surface area contributed by atoms with E-state index in [4.69, 9.17) is 5.10 Å². The number of hydrazine groups is 1. The highest BCUT2D eigenvalue weighted by Crippen LogP contribution is 2.54. The van der Waals surface area contributed by atoms with E-state index in [0.717, 1.165) is 37.1 Å². The highest BCUT2D eigenvalue weighted by atomic mass is 16.2. The van der Waals surface area contributed by atoms with Crippen molar-refractivity contribution in [2.75, 3.05) is 18.7 Å². The summed E-state index contributed by atoms with van der Waals surface area (Å²) in [5.41, 5.74) is 1.68. The van der Waals surface area contributed by atoms with Gasteiger partial charge in [0, 0.05) is 13.6 Å². The Morgan fingerprint density at radius 1 is 1.12 bits per heavy atom. The highest BCUT2D eigenvalue weighted by molar-refractivity contribution is 6.11. The van der Waals surface area contributed by atoms with E-state index in [9.17, 15) is 9.59 Å². The summed E-state index contributed by atoms with van der Waals surface area (Å²) in [7, 11) is 1.62. The molecular weight excluding hydrogens is 304 g/mol. The van der Waals surface area contributed by atoms with Crippen molar-refractivity contribution in [3.8, 4) is 0 Å². The minimum Gasteiger partial charge on any atom is -0.285 e. The van der Waals surface area contributed by atoms with Gasteiger partial charge in [-0.25, -0.2) is 0 Å². The van der Waals surface area contributed by atoms with Crippen LogP contribution in [0.2, 0.25) is 0 Å². The van der Waals surface area contributed by atoms with Gasteiger partial charge in [-0.1, -0.05) is 24.6 Å². The van der Waals surface area contributed by atoms with Gasteiger partial charge in [0.15, 0.2) is 0 Å². The maximum atomic E-state index is 12.8. The third-order valence-electron chi connectivity index (χ3n) is 6.14. The van der Waals surface area contributed by atoms with Gasteiger partial charge >= 0.3 is 0 Å². The quantitative estimate of drug-likeness (QED) is 0.737. The number of anilines is 1. The number of rotatable bonds is 1. The van der Waals surface area contributed by atoms with E-state index in [0.29, 0.717) is 6.54 Å². The minimum atomic E-state index is -0.393. The number of hydrogen-bond acceptors (Lipinski definition) is 5. The van der Waals surface area contributed by atoms with Crippen molar-refractivity contribution in [2.45, 2.75) is 31.2 Å². The van der Waals surface area contributed by atoms with Gasteiger partial charge in [-0.05, 0) is 31.4 Å². The number of amides is 2. The molecule has 3 aliphatic heterocycles. The predicted octanol–water partition coefficient (Wildman–Crippen LogP) is 1.64. The summed E-state index contributed by atoms with van der Waals surface area (Å²) in [6.07, 6.45) is 4.00. The lowest BCUT2D eigenvalue weighted by Crippen LogP contribution is -2.57. The molecule has 124 valence electrons. The average molecular weight is 324 g/mol. The number of fused-ring (bicyclic) bond motifs is 1. The molecule has 4 aliphatic rings. The smallest absolute Gasteiger partial charge is 0.235 e. The van der Waals surface area contributed by atoms with E-state index in [1.165, 1.54) is 4.90 Å². The summed E-state index contributed by atoms with van der Waals surface area (Å²) >= 11 is 0. The number of hydrazone groups is 1. The lowest BCUT2D eigenvalue weighted by Gasteiger charge is -2.41. The second kappa shape index (κ2) is 4.66. The van der Waals surface area contributed by atoms with E-state index in [1.807, 2.05) is 35.4 Å². The normalized spacial score (nSPS) is 35.1. The SMILES string of the molecule is CN1C(=O)[C@H]2CN3N(c4ccccc4)N=C4CCCC[C@]43[C@H]2C1=O. The predicted molar refractivity (Wildman–Crippen MR) is 89.0 cm³/mol. The molecule has 6 heteroatoms. The first-order chi connectivity index (χ1) is 11.6. The molecule has 1 spiro atoms. The van der Waals surface area contributed by atoms with E-state index in [-0.39, 0.29) is 23.7 Å². The number of hydrogen-bond donors (Lipinski definition) is 0. The molecule has 1 aliphatic carbocycles. The topological polar surface area (TPSA) is 56.2 Å². The molecule has 3 fully saturated rings.